The lowest BCUT2D eigenvalue weighted by molar-refractivity contribution is -0.149. The molecule has 0 aromatic heterocycles. The average molecular weight is 271 g/mol. The minimum absolute atomic E-state index is 0.0367. The number of ether oxygens (including phenoxy) is 2. The Kier molecular flexibility index (Phi) is 10.3. The van der Waals surface area contributed by atoms with Crippen LogP contribution >= 0.6 is 0 Å². The zero-order chi connectivity index (χ0) is 14.7. The van der Waals surface area contributed by atoms with Gasteiger partial charge in [0.25, 0.3) is 0 Å². The van der Waals surface area contributed by atoms with Gasteiger partial charge in [-0.1, -0.05) is 20.4 Å². The first-order chi connectivity index (χ1) is 9.13. The molecule has 0 unspecified atom stereocenters. The Labute approximate surface area is 117 Å². The number of piperidine rings is 1. The van der Waals surface area contributed by atoms with E-state index in [1.165, 1.54) is 0 Å². The number of allylic oxidation sites excluding steroid dienone is 1. The van der Waals surface area contributed by atoms with Gasteiger partial charge in [-0.25, -0.2) is 0 Å². The minimum atomic E-state index is -0.0367. The third-order valence-electron chi connectivity index (χ3n) is 2.96. The Morgan fingerprint density at radius 2 is 1.84 bits per heavy atom. The van der Waals surface area contributed by atoms with Gasteiger partial charge in [0, 0.05) is 6.54 Å². The van der Waals surface area contributed by atoms with Crippen LogP contribution in [0.4, 0.5) is 0 Å². The van der Waals surface area contributed by atoms with E-state index in [1.54, 1.807) is 0 Å². The lowest BCUT2D eigenvalue weighted by atomic mass is 9.97. The fourth-order valence-electron chi connectivity index (χ4n) is 2.00. The highest BCUT2D eigenvalue weighted by Gasteiger charge is 2.25. The molecule has 4 heteroatoms. The van der Waals surface area contributed by atoms with E-state index >= 15 is 0 Å². The van der Waals surface area contributed by atoms with E-state index in [2.05, 4.69) is 11.5 Å². The molecule has 0 spiro atoms. The third-order valence-corrected chi connectivity index (χ3v) is 2.96. The van der Waals surface area contributed by atoms with E-state index < -0.39 is 0 Å². The molecule has 1 saturated heterocycles. The largest absolute Gasteiger partial charge is 0.498 e. The van der Waals surface area contributed by atoms with E-state index in [4.69, 9.17) is 9.47 Å². The summed E-state index contributed by atoms with van der Waals surface area (Å²) in [4.78, 5) is 13.8. The highest BCUT2D eigenvalue weighted by molar-refractivity contribution is 5.72. The van der Waals surface area contributed by atoms with Crippen molar-refractivity contribution in [2.75, 3.05) is 32.8 Å². The monoisotopic (exact) mass is 271 g/mol. The Hall–Kier alpha value is -1.03. The van der Waals surface area contributed by atoms with Crippen LogP contribution in [0.1, 0.15) is 40.5 Å². The molecule has 0 aromatic rings. The van der Waals surface area contributed by atoms with Crippen LogP contribution in [0.2, 0.25) is 0 Å². The summed E-state index contributed by atoms with van der Waals surface area (Å²) in [5, 5.41) is 0. The van der Waals surface area contributed by atoms with Gasteiger partial charge in [-0.15, -0.1) is 0 Å². The minimum Gasteiger partial charge on any atom is -0.498 e. The highest BCUT2D eigenvalue weighted by atomic mass is 16.5. The highest BCUT2D eigenvalue weighted by Crippen LogP contribution is 2.18. The van der Waals surface area contributed by atoms with Crippen molar-refractivity contribution in [3.63, 3.8) is 0 Å². The molecule has 0 bridgehead atoms. The molecule has 0 saturated carbocycles. The first-order valence-corrected chi connectivity index (χ1v) is 7.30. The van der Waals surface area contributed by atoms with E-state index in [0.29, 0.717) is 13.2 Å². The molecule has 0 aromatic carbocycles. The standard InChI is InChI=1S/C13H23NO3.C2H6/c1-4-16-13(15)12-5-7-14(8-6-12)9-10-17-11(2)3;1-2/h12H,2,4-10H2,1,3H3;1-2H3. The van der Waals surface area contributed by atoms with Crippen LogP contribution < -0.4 is 0 Å². The zero-order valence-corrected chi connectivity index (χ0v) is 12.9. The topological polar surface area (TPSA) is 38.8 Å². The molecular formula is C15H29NO3. The number of likely N-dealkylation sites (tertiary alicyclic amines) is 1. The normalized spacial score (nSPS) is 16.2. The average Bonchev–Trinajstić information content (AvgIpc) is 2.41. The number of carbonyl (C=O) groups is 1. The summed E-state index contributed by atoms with van der Waals surface area (Å²) in [5.74, 6) is 0.810. The second-order valence-electron chi connectivity index (χ2n) is 4.42. The number of rotatable bonds is 6. The second-order valence-corrected chi connectivity index (χ2v) is 4.42. The van der Waals surface area contributed by atoms with Gasteiger partial charge in [0.1, 0.15) is 6.61 Å². The SMILES string of the molecule is C=C(C)OCCN1CCC(C(=O)OCC)CC1.CC. The van der Waals surface area contributed by atoms with E-state index in [9.17, 15) is 4.79 Å². The van der Waals surface area contributed by atoms with Crippen molar-refractivity contribution < 1.29 is 14.3 Å². The van der Waals surface area contributed by atoms with Crippen LogP contribution in [-0.2, 0) is 14.3 Å². The molecule has 0 N–H and O–H groups in total. The van der Waals surface area contributed by atoms with Crippen LogP contribution in [-0.4, -0.2) is 43.7 Å². The van der Waals surface area contributed by atoms with E-state index in [-0.39, 0.29) is 11.9 Å². The molecule has 4 nitrogen and oxygen atoms in total. The summed E-state index contributed by atoms with van der Waals surface area (Å²) in [7, 11) is 0. The van der Waals surface area contributed by atoms with Crippen molar-refractivity contribution in [1.29, 1.82) is 0 Å². The molecule has 0 aliphatic carbocycles. The summed E-state index contributed by atoms with van der Waals surface area (Å²) in [5.41, 5.74) is 0. The lowest BCUT2D eigenvalue weighted by Crippen LogP contribution is -2.38. The Balaban J connectivity index is 0.00000154. The maximum absolute atomic E-state index is 11.5. The van der Waals surface area contributed by atoms with Gasteiger partial charge >= 0.3 is 5.97 Å². The summed E-state index contributed by atoms with van der Waals surface area (Å²) < 4.78 is 10.4. The van der Waals surface area contributed by atoms with Gasteiger partial charge in [-0.2, -0.15) is 0 Å². The first-order valence-electron chi connectivity index (χ1n) is 7.30. The van der Waals surface area contributed by atoms with Gasteiger partial charge in [-0.05, 0) is 39.8 Å². The lowest BCUT2D eigenvalue weighted by Gasteiger charge is -2.30. The quantitative estimate of drug-likeness (QED) is 0.550. The third kappa shape index (κ3) is 7.88. The summed E-state index contributed by atoms with van der Waals surface area (Å²) in [6.45, 7) is 15.4. The smallest absolute Gasteiger partial charge is 0.309 e. The molecule has 0 atom stereocenters. The maximum Gasteiger partial charge on any atom is 0.309 e. The molecule has 19 heavy (non-hydrogen) atoms. The van der Waals surface area contributed by atoms with E-state index in [0.717, 1.165) is 38.2 Å². The van der Waals surface area contributed by atoms with Crippen LogP contribution in [0.25, 0.3) is 0 Å². The van der Waals surface area contributed by atoms with Crippen molar-refractivity contribution in [2.24, 2.45) is 5.92 Å². The Morgan fingerprint density at radius 3 is 2.32 bits per heavy atom. The summed E-state index contributed by atoms with van der Waals surface area (Å²) >= 11 is 0. The molecule has 0 radical (unpaired) electrons. The molecule has 1 rings (SSSR count). The van der Waals surface area contributed by atoms with Crippen molar-refractivity contribution in [2.45, 2.75) is 40.5 Å². The van der Waals surface area contributed by atoms with Crippen molar-refractivity contribution >= 4 is 5.97 Å². The molecule has 1 fully saturated rings. The molecular weight excluding hydrogens is 242 g/mol. The number of nitrogens with zero attached hydrogens (tertiary/aromatic N) is 1. The van der Waals surface area contributed by atoms with Crippen LogP contribution in [0, 0.1) is 5.92 Å². The Morgan fingerprint density at radius 1 is 1.26 bits per heavy atom. The molecule has 1 aliphatic rings. The molecule has 1 heterocycles. The predicted molar refractivity (Wildman–Crippen MR) is 77.9 cm³/mol. The molecule has 112 valence electrons. The van der Waals surface area contributed by atoms with Gasteiger partial charge in [0.05, 0.1) is 18.3 Å². The number of hydrogen-bond acceptors (Lipinski definition) is 4. The summed E-state index contributed by atoms with van der Waals surface area (Å²) in [6, 6.07) is 0. The fourth-order valence-corrected chi connectivity index (χ4v) is 2.00. The van der Waals surface area contributed by atoms with Gasteiger partial charge < -0.3 is 9.47 Å². The Bertz CT molecular complexity index is 258. The van der Waals surface area contributed by atoms with Gasteiger partial charge in [-0.3, -0.25) is 9.69 Å². The maximum atomic E-state index is 11.5. The van der Waals surface area contributed by atoms with Crippen LogP contribution in [0.5, 0.6) is 0 Å². The van der Waals surface area contributed by atoms with Crippen LogP contribution in [0.3, 0.4) is 0 Å². The van der Waals surface area contributed by atoms with Crippen molar-refractivity contribution in [3.8, 4) is 0 Å². The number of esters is 1. The summed E-state index contributed by atoms with van der Waals surface area (Å²) in [6.07, 6.45) is 1.79. The second kappa shape index (κ2) is 10.9. The van der Waals surface area contributed by atoms with Crippen molar-refractivity contribution in [3.05, 3.63) is 12.3 Å². The molecule has 0 amide bonds. The fraction of sp³-hybridized carbons (Fsp3) is 0.800. The zero-order valence-electron chi connectivity index (χ0n) is 12.9. The van der Waals surface area contributed by atoms with E-state index in [1.807, 2.05) is 27.7 Å². The van der Waals surface area contributed by atoms with Crippen molar-refractivity contribution in [1.82, 2.24) is 4.90 Å². The van der Waals surface area contributed by atoms with Crippen LogP contribution in [0.15, 0.2) is 12.3 Å². The molecule has 1 aliphatic heterocycles. The van der Waals surface area contributed by atoms with Gasteiger partial charge in [0.2, 0.25) is 0 Å². The number of carbonyl (C=O) groups excluding carboxylic acids is 1. The van der Waals surface area contributed by atoms with Gasteiger partial charge in [0.15, 0.2) is 0 Å². The first kappa shape index (κ1) is 18.0. The number of hydrogen-bond donors (Lipinski definition) is 0. The predicted octanol–water partition coefficient (Wildman–Crippen LogP) is 2.84.